The first-order valence-corrected chi connectivity index (χ1v) is 7.23. The third-order valence-corrected chi connectivity index (χ3v) is 3.94. The molecule has 0 radical (unpaired) electrons. The average Bonchev–Trinajstić information content (AvgIpc) is 2.41. The van der Waals surface area contributed by atoms with Gasteiger partial charge in [0.05, 0.1) is 0 Å². The molecular formula is C15H12BrClFNO2. The molecule has 0 saturated carbocycles. The number of carboxylic acids is 1. The van der Waals surface area contributed by atoms with Crippen molar-refractivity contribution in [2.24, 2.45) is 0 Å². The van der Waals surface area contributed by atoms with E-state index >= 15 is 0 Å². The van der Waals surface area contributed by atoms with Gasteiger partial charge in [-0.1, -0.05) is 33.6 Å². The van der Waals surface area contributed by atoms with E-state index in [1.165, 1.54) is 31.2 Å². The second kappa shape index (κ2) is 6.03. The minimum Gasteiger partial charge on any atom is -0.479 e. The Hall–Kier alpha value is -1.59. The first kappa shape index (κ1) is 15.8. The first-order chi connectivity index (χ1) is 9.83. The van der Waals surface area contributed by atoms with Crippen LogP contribution in [-0.4, -0.2) is 11.1 Å². The molecule has 0 aromatic heterocycles. The van der Waals surface area contributed by atoms with E-state index in [-0.39, 0.29) is 5.82 Å². The van der Waals surface area contributed by atoms with Gasteiger partial charge in [-0.3, -0.25) is 0 Å². The molecule has 0 saturated heterocycles. The van der Waals surface area contributed by atoms with E-state index in [2.05, 4.69) is 21.2 Å². The first-order valence-electron chi connectivity index (χ1n) is 6.05. The third kappa shape index (κ3) is 3.36. The summed E-state index contributed by atoms with van der Waals surface area (Å²) >= 11 is 9.44. The van der Waals surface area contributed by atoms with Crippen LogP contribution in [0.25, 0.3) is 0 Å². The largest absolute Gasteiger partial charge is 0.479 e. The molecule has 0 bridgehead atoms. The number of rotatable bonds is 4. The maximum absolute atomic E-state index is 12.9. The van der Waals surface area contributed by atoms with Gasteiger partial charge in [0, 0.05) is 20.7 Å². The molecule has 1 atom stereocenters. The van der Waals surface area contributed by atoms with Crippen molar-refractivity contribution in [1.82, 2.24) is 0 Å². The van der Waals surface area contributed by atoms with E-state index in [4.69, 9.17) is 11.6 Å². The van der Waals surface area contributed by atoms with Gasteiger partial charge in [0.25, 0.3) is 0 Å². The highest BCUT2D eigenvalue weighted by Gasteiger charge is 2.37. The number of benzene rings is 2. The fourth-order valence-electron chi connectivity index (χ4n) is 1.95. The standard InChI is InChI=1S/C15H12BrClFNO2/c1-15(14(20)21,12-7-2-9(16)8-13(12)17)19-11-5-3-10(18)4-6-11/h2-8,19H,1H3,(H,20,21). The van der Waals surface area contributed by atoms with Crippen LogP contribution in [0.1, 0.15) is 12.5 Å². The number of aliphatic carboxylic acids is 1. The number of nitrogens with one attached hydrogen (secondary N) is 1. The molecule has 0 fully saturated rings. The minimum atomic E-state index is -1.43. The van der Waals surface area contributed by atoms with Gasteiger partial charge in [0.1, 0.15) is 5.82 Å². The van der Waals surface area contributed by atoms with Crippen LogP contribution in [0, 0.1) is 5.82 Å². The molecule has 0 spiro atoms. The summed E-state index contributed by atoms with van der Waals surface area (Å²) in [4.78, 5) is 11.7. The Balaban J connectivity index is 2.45. The molecule has 2 N–H and O–H groups in total. The second-order valence-corrected chi connectivity index (χ2v) is 6.01. The normalized spacial score (nSPS) is 13.5. The highest BCUT2D eigenvalue weighted by atomic mass is 79.9. The topological polar surface area (TPSA) is 49.3 Å². The van der Waals surface area contributed by atoms with Crippen LogP contribution < -0.4 is 5.32 Å². The number of carbonyl (C=O) groups is 1. The molecule has 0 aliphatic carbocycles. The van der Waals surface area contributed by atoms with Crippen molar-refractivity contribution < 1.29 is 14.3 Å². The second-order valence-electron chi connectivity index (χ2n) is 4.69. The lowest BCUT2D eigenvalue weighted by atomic mass is 9.91. The molecule has 0 aliphatic heterocycles. The predicted molar refractivity (Wildman–Crippen MR) is 84.2 cm³/mol. The zero-order valence-corrected chi connectivity index (χ0v) is 13.4. The van der Waals surface area contributed by atoms with Crippen LogP contribution in [0.15, 0.2) is 46.9 Å². The van der Waals surface area contributed by atoms with Gasteiger partial charge >= 0.3 is 5.97 Å². The van der Waals surface area contributed by atoms with Gasteiger partial charge in [-0.15, -0.1) is 0 Å². The monoisotopic (exact) mass is 371 g/mol. The van der Waals surface area contributed by atoms with E-state index in [9.17, 15) is 14.3 Å². The molecule has 110 valence electrons. The number of halogens is 3. The Morgan fingerprint density at radius 3 is 2.43 bits per heavy atom. The van der Waals surface area contributed by atoms with Gasteiger partial charge in [-0.05, 0) is 43.3 Å². The van der Waals surface area contributed by atoms with Crippen LogP contribution in [0.4, 0.5) is 10.1 Å². The van der Waals surface area contributed by atoms with E-state index in [0.29, 0.717) is 16.3 Å². The summed E-state index contributed by atoms with van der Waals surface area (Å²) in [6.45, 7) is 1.51. The van der Waals surface area contributed by atoms with Gasteiger partial charge < -0.3 is 10.4 Å². The number of carboxylic acid groups (broad SMARTS) is 1. The lowest BCUT2D eigenvalue weighted by Crippen LogP contribution is -2.40. The number of anilines is 1. The van der Waals surface area contributed by atoms with Crippen LogP contribution in [-0.2, 0) is 10.3 Å². The van der Waals surface area contributed by atoms with Crippen molar-refractivity contribution in [2.45, 2.75) is 12.5 Å². The summed E-state index contributed by atoms with van der Waals surface area (Å²) in [5.41, 5.74) is -0.528. The van der Waals surface area contributed by atoms with Crippen molar-refractivity contribution in [2.75, 3.05) is 5.32 Å². The van der Waals surface area contributed by atoms with Crippen molar-refractivity contribution in [3.63, 3.8) is 0 Å². The molecule has 21 heavy (non-hydrogen) atoms. The fourth-order valence-corrected chi connectivity index (χ4v) is 2.82. The maximum Gasteiger partial charge on any atom is 0.333 e. The Morgan fingerprint density at radius 1 is 1.29 bits per heavy atom. The molecule has 2 rings (SSSR count). The molecule has 2 aromatic rings. The van der Waals surface area contributed by atoms with Crippen molar-refractivity contribution in [1.29, 1.82) is 0 Å². The molecule has 0 aliphatic rings. The van der Waals surface area contributed by atoms with Crippen LogP contribution in [0.2, 0.25) is 5.02 Å². The lowest BCUT2D eigenvalue weighted by molar-refractivity contribution is -0.142. The van der Waals surface area contributed by atoms with Crippen LogP contribution in [0.5, 0.6) is 0 Å². The van der Waals surface area contributed by atoms with Gasteiger partial charge in [0.2, 0.25) is 0 Å². The Kier molecular flexibility index (Phi) is 4.54. The Bertz CT molecular complexity index is 678. The zero-order valence-electron chi connectivity index (χ0n) is 11.0. The smallest absolute Gasteiger partial charge is 0.333 e. The Labute approximate surface area is 134 Å². The fraction of sp³-hybridized carbons (Fsp3) is 0.133. The minimum absolute atomic E-state index is 0.323. The van der Waals surface area contributed by atoms with Crippen LogP contribution >= 0.6 is 27.5 Å². The molecule has 0 amide bonds. The van der Waals surface area contributed by atoms with E-state index < -0.39 is 11.5 Å². The third-order valence-electron chi connectivity index (χ3n) is 3.14. The van der Waals surface area contributed by atoms with E-state index in [0.717, 1.165) is 4.47 Å². The summed E-state index contributed by atoms with van der Waals surface area (Å²) < 4.78 is 13.7. The summed E-state index contributed by atoms with van der Waals surface area (Å²) in [6, 6.07) is 10.4. The number of hydrogen-bond donors (Lipinski definition) is 2. The van der Waals surface area contributed by atoms with E-state index in [1.54, 1.807) is 18.2 Å². The lowest BCUT2D eigenvalue weighted by Gasteiger charge is -2.29. The molecule has 1 unspecified atom stereocenters. The van der Waals surface area contributed by atoms with Gasteiger partial charge in [0.15, 0.2) is 5.54 Å². The molecule has 3 nitrogen and oxygen atoms in total. The van der Waals surface area contributed by atoms with E-state index in [1.807, 2.05) is 0 Å². The summed E-state index contributed by atoms with van der Waals surface area (Å²) in [5.74, 6) is -1.48. The zero-order chi connectivity index (χ0) is 15.6. The summed E-state index contributed by atoms with van der Waals surface area (Å²) in [6.07, 6.45) is 0. The van der Waals surface area contributed by atoms with Crippen molar-refractivity contribution >= 4 is 39.2 Å². The highest BCUT2D eigenvalue weighted by Crippen LogP contribution is 2.33. The summed E-state index contributed by atoms with van der Waals surface area (Å²) in [5, 5.41) is 12.8. The molecule has 2 aromatic carbocycles. The van der Waals surface area contributed by atoms with Gasteiger partial charge in [-0.25, -0.2) is 9.18 Å². The van der Waals surface area contributed by atoms with Crippen LogP contribution in [0.3, 0.4) is 0 Å². The predicted octanol–water partition coefficient (Wildman–Crippen LogP) is 4.65. The van der Waals surface area contributed by atoms with Gasteiger partial charge in [-0.2, -0.15) is 0 Å². The number of hydrogen-bond acceptors (Lipinski definition) is 2. The maximum atomic E-state index is 12.9. The highest BCUT2D eigenvalue weighted by molar-refractivity contribution is 9.10. The molecular weight excluding hydrogens is 361 g/mol. The molecule has 6 heteroatoms. The summed E-state index contributed by atoms with van der Waals surface area (Å²) in [7, 11) is 0. The van der Waals surface area contributed by atoms with Crippen molar-refractivity contribution in [3.8, 4) is 0 Å². The quantitative estimate of drug-likeness (QED) is 0.821. The SMILES string of the molecule is CC(Nc1ccc(F)cc1)(C(=O)O)c1ccc(Br)cc1Cl. The van der Waals surface area contributed by atoms with Crippen molar-refractivity contribution in [3.05, 3.63) is 63.3 Å². The Morgan fingerprint density at radius 2 is 1.90 bits per heavy atom. The average molecular weight is 373 g/mol. The molecule has 0 heterocycles.